The van der Waals surface area contributed by atoms with E-state index in [0.29, 0.717) is 5.92 Å². The third kappa shape index (κ3) is 3.24. The van der Waals surface area contributed by atoms with Gasteiger partial charge in [-0.15, -0.1) is 11.3 Å². The summed E-state index contributed by atoms with van der Waals surface area (Å²) in [6, 6.07) is 7.02. The molecule has 0 aliphatic heterocycles. The van der Waals surface area contributed by atoms with Gasteiger partial charge in [0, 0.05) is 16.1 Å². The van der Waals surface area contributed by atoms with E-state index in [1.165, 1.54) is 26.9 Å². The maximum absolute atomic E-state index is 3.31. The van der Waals surface area contributed by atoms with Crippen LogP contribution < -0.4 is 5.32 Å². The fraction of sp³-hybridized carbons (Fsp3) is 0.556. The summed E-state index contributed by atoms with van der Waals surface area (Å²) >= 11 is 1.95. The molecule has 20 heavy (non-hydrogen) atoms. The number of thiophene rings is 1. The minimum Gasteiger partial charge on any atom is -0.315 e. The number of hydrogen-bond acceptors (Lipinski definition) is 2. The van der Waals surface area contributed by atoms with Crippen LogP contribution in [0.25, 0.3) is 10.1 Å². The van der Waals surface area contributed by atoms with E-state index in [1.807, 2.05) is 18.4 Å². The Kier molecular flexibility index (Phi) is 4.55. The predicted molar refractivity (Wildman–Crippen MR) is 91.8 cm³/mol. The van der Waals surface area contributed by atoms with Crippen molar-refractivity contribution >= 4 is 21.4 Å². The molecule has 0 bridgehead atoms. The molecule has 1 aromatic carbocycles. The first-order valence-electron chi connectivity index (χ1n) is 7.52. The molecule has 2 heteroatoms. The van der Waals surface area contributed by atoms with Gasteiger partial charge in [-0.05, 0) is 53.4 Å². The van der Waals surface area contributed by atoms with Gasteiger partial charge in [-0.1, -0.05) is 40.7 Å². The third-order valence-corrected chi connectivity index (χ3v) is 4.90. The van der Waals surface area contributed by atoms with Gasteiger partial charge in [-0.25, -0.2) is 0 Å². The lowest BCUT2D eigenvalue weighted by Crippen LogP contribution is -2.10. The van der Waals surface area contributed by atoms with Crippen LogP contribution in [0.2, 0.25) is 0 Å². The van der Waals surface area contributed by atoms with Crippen LogP contribution in [0, 0.1) is 5.92 Å². The van der Waals surface area contributed by atoms with Crippen molar-refractivity contribution in [2.45, 2.75) is 53.0 Å². The van der Waals surface area contributed by atoms with Gasteiger partial charge in [0.2, 0.25) is 0 Å². The average molecular weight is 289 g/mol. The maximum Gasteiger partial charge on any atom is 0.0349 e. The van der Waals surface area contributed by atoms with Crippen molar-refractivity contribution in [2.75, 3.05) is 7.05 Å². The molecular formula is C18H27NS. The number of rotatable bonds is 4. The molecule has 1 aromatic heterocycles. The molecule has 110 valence electrons. The molecule has 0 saturated heterocycles. The lowest BCUT2D eigenvalue weighted by atomic mass is 9.86. The topological polar surface area (TPSA) is 12.0 Å². The zero-order chi connectivity index (χ0) is 14.9. The van der Waals surface area contributed by atoms with Gasteiger partial charge in [0.1, 0.15) is 0 Å². The fourth-order valence-corrected chi connectivity index (χ4v) is 3.83. The van der Waals surface area contributed by atoms with Gasteiger partial charge in [-0.2, -0.15) is 0 Å². The Morgan fingerprint density at radius 2 is 1.90 bits per heavy atom. The second-order valence-corrected chi connectivity index (χ2v) is 8.23. The van der Waals surface area contributed by atoms with Crippen molar-refractivity contribution in [1.29, 1.82) is 0 Å². The van der Waals surface area contributed by atoms with Crippen LogP contribution in [0.4, 0.5) is 0 Å². The Labute approximate surface area is 127 Å². The molecule has 0 unspecified atom stereocenters. The molecule has 0 saturated carbocycles. The van der Waals surface area contributed by atoms with Gasteiger partial charge in [0.15, 0.2) is 0 Å². The molecule has 0 aliphatic carbocycles. The van der Waals surface area contributed by atoms with Crippen LogP contribution in [0.5, 0.6) is 0 Å². The smallest absolute Gasteiger partial charge is 0.0349 e. The van der Waals surface area contributed by atoms with Crippen molar-refractivity contribution < 1.29 is 0 Å². The fourth-order valence-electron chi connectivity index (χ4n) is 2.60. The summed E-state index contributed by atoms with van der Waals surface area (Å²) in [6.45, 7) is 12.5. The number of fused-ring (bicyclic) bond motifs is 1. The van der Waals surface area contributed by atoms with E-state index in [0.717, 1.165) is 6.54 Å². The summed E-state index contributed by atoms with van der Waals surface area (Å²) in [7, 11) is 2.03. The van der Waals surface area contributed by atoms with Crippen molar-refractivity contribution in [3.63, 3.8) is 0 Å². The van der Waals surface area contributed by atoms with E-state index in [2.05, 4.69) is 58.1 Å². The van der Waals surface area contributed by atoms with Gasteiger partial charge in [-0.3, -0.25) is 0 Å². The molecule has 1 N–H and O–H groups in total. The van der Waals surface area contributed by atoms with Crippen LogP contribution in [-0.2, 0) is 18.4 Å². The molecule has 2 rings (SSSR count). The summed E-state index contributed by atoms with van der Waals surface area (Å²) in [5.41, 5.74) is 3.21. The first-order valence-corrected chi connectivity index (χ1v) is 8.34. The predicted octanol–water partition coefficient (Wildman–Crippen LogP) is 5.12. The van der Waals surface area contributed by atoms with Crippen molar-refractivity contribution in [2.24, 2.45) is 5.92 Å². The number of nitrogens with one attached hydrogen (secondary N) is 1. The normalized spacial score (nSPS) is 12.6. The highest BCUT2D eigenvalue weighted by Crippen LogP contribution is 2.36. The van der Waals surface area contributed by atoms with E-state index in [1.54, 1.807) is 5.56 Å². The first-order chi connectivity index (χ1) is 9.32. The Morgan fingerprint density at radius 1 is 1.20 bits per heavy atom. The molecule has 0 radical (unpaired) electrons. The van der Waals surface area contributed by atoms with Crippen molar-refractivity contribution in [3.8, 4) is 0 Å². The summed E-state index contributed by atoms with van der Waals surface area (Å²) in [6.07, 6.45) is 1.17. The molecule has 0 amide bonds. The molecule has 2 aromatic rings. The Balaban J connectivity index is 2.59. The molecule has 0 spiro atoms. The van der Waals surface area contributed by atoms with Crippen LogP contribution in [0.15, 0.2) is 18.2 Å². The van der Waals surface area contributed by atoms with Gasteiger partial charge in [0.05, 0.1) is 0 Å². The highest BCUT2D eigenvalue weighted by atomic mass is 32.1. The highest BCUT2D eigenvalue weighted by Gasteiger charge is 2.18. The van der Waals surface area contributed by atoms with Crippen molar-refractivity contribution in [1.82, 2.24) is 5.32 Å². The van der Waals surface area contributed by atoms with Gasteiger partial charge >= 0.3 is 0 Å². The summed E-state index contributed by atoms with van der Waals surface area (Å²) in [5, 5.41) is 4.79. The average Bonchev–Trinajstić information content (AvgIpc) is 2.66. The third-order valence-electron chi connectivity index (χ3n) is 3.69. The molecular weight excluding hydrogens is 262 g/mol. The quantitative estimate of drug-likeness (QED) is 0.824. The standard InChI is InChI=1S/C18H27NS/c1-12(2)9-14-15-10-13(18(3,4)5)7-8-16(15)20-17(14)11-19-6/h7-8,10,12,19H,9,11H2,1-6H3. The number of benzene rings is 1. The van der Waals surface area contributed by atoms with E-state index in [4.69, 9.17) is 0 Å². The second kappa shape index (κ2) is 5.87. The molecule has 0 aliphatic rings. The lowest BCUT2D eigenvalue weighted by molar-refractivity contribution is 0.591. The molecule has 0 atom stereocenters. The molecule has 0 fully saturated rings. The lowest BCUT2D eigenvalue weighted by Gasteiger charge is -2.19. The minimum atomic E-state index is 0.217. The van der Waals surface area contributed by atoms with E-state index in [-0.39, 0.29) is 5.41 Å². The second-order valence-electron chi connectivity index (χ2n) is 7.09. The Morgan fingerprint density at radius 3 is 2.45 bits per heavy atom. The molecule has 1 nitrogen and oxygen atoms in total. The summed E-state index contributed by atoms with van der Waals surface area (Å²) < 4.78 is 1.43. The highest BCUT2D eigenvalue weighted by molar-refractivity contribution is 7.19. The largest absolute Gasteiger partial charge is 0.315 e. The van der Waals surface area contributed by atoms with Crippen LogP contribution in [-0.4, -0.2) is 7.05 Å². The van der Waals surface area contributed by atoms with E-state index >= 15 is 0 Å². The van der Waals surface area contributed by atoms with Gasteiger partial charge in [0.25, 0.3) is 0 Å². The Bertz CT molecular complexity index is 587. The number of hydrogen-bond donors (Lipinski definition) is 1. The van der Waals surface area contributed by atoms with Crippen LogP contribution in [0.3, 0.4) is 0 Å². The molecule has 1 heterocycles. The maximum atomic E-state index is 3.31. The zero-order valence-electron chi connectivity index (χ0n) is 13.6. The van der Waals surface area contributed by atoms with Crippen molar-refractivity contribution in [3.05, 3.63) is 34.2 Å². The monoisotopic (exact) mass is 289 g/mol. The summed E-state index contributed by atoms with van der Waals surface area (Å²) in [4.78, 5) is 1.50. The SMILES string of the molecule is CNCc1sc2ccc(C(C)(C)C)cc2c1CC(C)C. The minimum absolute atomic E-state index is 0.217. The van der Waals surface area contributed by atoms with Crippen LogP contribution >= 0.6 is 11.3 Å². The first kappa shape index (κ1) is 15.5. The van der Waals surface area contributed by atoms with Crippen LogP contribution in [0.1, 0.15) is 50.6 Å². The zero-order valence-corrected chi connectivity index (χ0v) is 14.4. The van der Waals surface area contributed by atoms with E-state index < -0.39 is 0 Å². The summed E-state index contributed by atoms with van der Waals surface area (Å²) in [5.74, 6) is 0.696. The van der Waals surface area contributed by atoms with E-state index in [9.17, 15) is 0 Å². The van der Waals surface area contributed by atoms with Gasteiger partial charge < -0.3 is 5.32 Å². The Hall–Kier alpha value is -0.860.